The lowest BCUT2D eigenvalue weighted by Gasteiger charge is -2.37. The molecule has 3 aliphatic rings. The number of esters is 2. The van der Waals surface area contributed by atoms with Gasteiger partial charge in [-0.05, 0) is 97.6 Å². The molecule has 15 nitrogen and oxygen atoms in total. The summed E-state index contributed by atoms with van der Waals surface area (Å²) < 4.78 is 18.3. The van der Waals surface area contributed by atoms with E-state index in [2.05, 4.69) is 43.3 Å². The zero-order valence-electron chi connectivity index (χ0n) is 42.1. The SMILES string of the molecule is C=C/C=c1/nc2c(c/c1=C/C)Cn1c-2cc2c(c1=O)COC(=O)[C@@]2(CC)OC(=O)CNC(=O)C(CSC1CCC1SCC(NC(C)(C)C)C(=O)O)NC=O.CC.CC.CCCC(C)(C)OCC. The van der Waals surface area contributed by atoms with Crippen LogP contribution in [0.3, 0.4) is 0 Å². The quantitative estimate of drug-likeness (QED) is 0.0762. The number of cyclic esters (lactones) is 1. The van der Waals surface area contributed by atoms with Crippen molar-refractivity contribution < 1.29 is 43.3 Å². The van der Waals surface area contributed by atoms with Gasteiger partial charge in [-0.3, -0.25) is 29.3 Å². The molecule has 67 heavy (non-hydrogen) atoms. The second kappa shape index (κ2) is 27.5. The molecule has 0 bridgehead atoms. The molecule has 374 valence electrons. The third-order valence-electron chi connectivity index (χ3n) is 11.0. The number of carbonyl (C=O) groups excluding carboxylic acids is 4. The highest BCUT2D eigenvalue weighted by molar-refractivity contribution is 8.04. The van der Waals surface area contributed by atoms with Crippen LogP contribution in [0.4, 0.5) is 0 Å². The van der Waals surface area contributed by atoms with Crippen molar-refractivity contribution in [1.29, 1.82) is 0 Å². The maximum atomic E-state index is 13.8. The van der Waals surface area contributed by atoms with Crippen molar-refractivity contribution >= 4 is 65.9 Å². The van der Waals surface area contributed by atoms with Crippen LogP contribution in [0.15, 0.2) is 29.6 Å². The Morgan fingerprint density at radius 1 is 1.03 bits per heavy atom. The normalized spacial score (nSPS) is 19.3. The molecular formula is C50H77N5O10S2. The van der Waals surface area contributed by atoms with Gasteiger partial charge in [0, 0.05) is 45.3 Å². The molecule has 5 atom stereocenters. The fourth-order valence-electron chi connectivity index (χ4n) is 7.80. The molecule has 2 amide bonds. The third-order valence-corrected chi connectivity index (χ3v) is 14.2. The third kappa shape index (κ3) is 15.8. The summed E-state index contributed by atoms with van der Waals surface area (Å²) in [4.78, 5) is 81.8. The van der Waals surface area contributed by atoms with Crippen molar-refractivity contribution in [3.8, 4) is 11.4 Å². The van der Waals surface area contributed by atoms with Crippen LogP contribution in [0.25, 0.3) is 23.5 Å². The minimum absolute atomic E-state index is 0.0487. The number of aromatic nitrogens is 2. The fraction of sp³-hybridized carbons (Fsp3) is 0.620. The van der Waals surface area contributed by atoms with Crippen molar-refractivity contribution in [2.45, 2.75) is 175 Å². The lowest BCUT2D eigenvalue weighted by atomic mass is 9.85. The number of ether oxygens (including phenoxy) is 3. The molecule has 1 saturated carbocycles. The number of rotatable bonds is 20. The van der Waals surface area contributed by atoms with Gasteiger partial charge in [-0.1, -0.05) is 66.7 Å². The number of allylic oxidation sites excluding steroid dienone is 1. The number of nitrogens with one attached hydrogen (secondary N) is 3. The van der Waals surface area contributed by atoms with E-state index in [4.69, 9.17) is 19.2 Å². The van der Waals surface area contributed by atoms with Gasteiger partial charge < -0.3 is 34.5 Å². The second-order valence-corrected chi connectivity index (χ2v) is 19.9. The van der Waals surface area contributed by atoms with Crippen LogP contribution < -0.4 is 32.1 Å². The summed E-state index contributed by atoms with van der Waals surface area (Å²) in [6.07, 6.45) is 9.81. The highest BCUT2D eigenvalue weighted by atomic mass is 32.2. The standard InChI is InChI=1S/C38H47N5O9S2.C8H18O.2C2H6/c1-7-10-25-21(8-2)13-22-16-43-28(32(22)41-25)14-24-23(34(43)47)17-51-36(50)38(24,9-3)52-31(45)15-39-33(46)26(40-20-44)18-53-29-11-12-30(29)54-19-27(35(48)49)42-37(4,5)6;1-5-7-8(3,4)9-6-2;2*1-2/h7-8,10,13-14,20,26-27,29-30,42H,1,9,11-12,15-19H2,2-6H3,(H,39,46)(H,40,44)(H,48,49);5-7H2,1-4H3;2*1-2H3/b21-8-,25-10+;;;/t26?,27?,29?,30?,38-;;;/m0.../s1. The van der Waals surface area contributed by atoms with E-state index in [0.29, 0.717) is 28.9 Å². The predicted octanol–water partition coefficient (Wildman–Crippen LogP) is 5.97. The Kier molecular flexibility index (Phi) is 24.1. The van der Waals surface area contributed by atoms with Gasteiger partial charge in [0.25, 0.3) is 5.56 Å². The van der Waals surface area contributed by atoms with Gasteiger partial charge in [0.05, 0.1) is 34.4 Å². The first-order valence-corrected chi connectivity index (χ1v) is 25.7. The number of thioether (sulfide) groups is 2. The Bertz CT molecular complexity index is 2200. The predicted molar refractivity (Wildman–Crippen MR) is 270 cm³/mol. The van der Waals surface area contributed by atoms with E-state index in [1.54, 1.807) is 41.5 Å². The van der Waals surface area contributed by atoms with Crippen LogP contribution in [0.1, 0.15) is 139 Å². The van der Waals surface area contributed by atoms with E-state index in [1.165, 1.54) is 18.2 Å². The summed E-state index contributed by atoms with van der Waals surface area (Å²) in [6.45, 7) is 29.7. The molecule has 0 spiro atoms. The van der Waals surface area contributed by atoms with Crippen LogP contribution in [-0.2, 0) is 56.9 Å². The molecule has 0 aromatic carbocycles. The Balaban J connectivity index is 0.00000105. The van der Waals surface area contributed by atoms with E-state index in [-0.39, 0.29) is 63.7 Å². The number of carbonyl (C=O) groups is 5. The smallest absolute Gasteiger partial charge is 0.355 e. The van der Waals surface area contributed by atoms with Gasteiger partial charge in [-0.2, -0.15) is 23.5 Å². The Labute approximate surface area is 406 Å². The average Bonchev–Trinajstić information content (AvgIpc) is 3.64. The second-order valence-electron chi connectivity index (χ2n) is 17.3. The number of hydrogen-bond acceptors (Lipinski definition) is 13. The van der Waals surface area contributed by atoms with Gasteiger partial charge in [0.1, 0.15) is 25.2 Å². The van der Waals surface area contributed by atoms with Crippen molar-refractivity contribution in [2.24, 2.45) is 0 Å². The molecule has 17 heteroatoms. The van der Waals surface area contributed by atoms with E-state index < -0.39 is 48.0 Å². The average molecular weight is 972 g/mol. The first-order chi connectivity index (χ1) is 31.8. The molecule has 4 unspecified atom stereocenters. The molecule has 2 aromatic heterocycles. The summed E-state index contributed by atoms with van der Waals surface area (Å²) in [5.74, 6) is -2.70. The minimum Gasteiger partial charge on any atom is -0.480 e. The number of amides is 2. The van der Waals surface area contributed by atoms with Crippen molar-refractivity contribution in [1.82, 2.24) is 25.5 Å². The number of aliphatic carboxylic acids is 1. The molecule has 0 saturated heterocycles. The Morgan fingerprint density at radius 2 is 1.66 bits per heavy atom. The number of nitrogens with zero attached hydrogens (tertiary/aromatic N) is 2. The Hall–Kier alpha value is -4.45. The molecular weight excluding hydrogens is 895 g/mol. The number of fused-ring (bicyclic) bond motifs is 4. The fourth-order valence-corrected chi connectivity index (χ4v) is 10.9. The molecule has 1 fully saturated rings. The summed E-state index contributed by atoms with van der Waals surface area (Å²) in [5, 5.41) is 19.7. The van der Waals surface area contributed by atoms with Gasteiger partial charge in [-0.25, -0.2) is 9.78 Å². The summed E-state index contributed by atoms with van der Waals surface area (Å²) in [6, 6.07) is 1.95. The summed E-state index contributed by atoms with van der Waals surface area (Å²) >= 11 is 3.07. The lowest BCUT2D eigenvalue weighted by Crippen LogP contribution is -2.51. The van der Waals surface area contributed by atoms with E-state index in [1.807, 2.05) is 74.5 Å². The molecule has 2 aliphatic heterocycles. The molecule has 4 heterocycles. The van der Waals surface area contributed by atoms with Crippen LogP contribution >= 0.6 is 23.5 Å². The zero-order valence-corrected chi connectivity index (χ0v) is 43.7. The largest absolute Gasteiger partial charge is 0.480 e. The molecule has 2 aromatic rings. The van der Waals surface area contributed by atoms with Crippen LogP contribution in [0.2, 0.25) is 0 Å². The molecule has 5 rings (SSSR count). The maximum absolute atomic E-state index is 13.8. The maximum Gasteiger partial charge on any atom is 0.355 e. The van der Waals surface area contributed by atoms with Gasteiger partial charge in [-0.15, -0.1) is 0 Å². The van der Waals surface area contributed by atoms with Crippen molar-refractivity contribution in [3.63, 3.8) is 0 Å². The zero-order chi connectivity index (χ0) is 50.7. The number of carboxylic acids is 1. The number of hydrogen-bond donors (Lipinski definition) is 4. The molecule has 0 radical (unpaired) electrons. The van der Waals surface area contributed by atoms with Crippen LogP contribution in [0.5, 0.6) is 0 Å². The van der Waals surface area contributed by atoms with E-state index in [9.17, 15) is 33.9 Å². The topological polar surface area (TPSA) is 204 Å². The minimum atomic E-state index is -1.95. The Morgan fingerprint density at radius 3 is 2.16 bits per heavy atom. The van der Waals surface area contributed by atoms with Gasteiger partial charge in [0.2, 0.25) is 17.9 Å². The van der Waals surface area contributed by atoms with Crippen molar-refractivity contribution in [2.75, 3.05) is 24.7 Å². The van der Waals surface area contributed by atoms with Crippen molar-refractivity contribution in [3.05, 3.63) is 62.4 Å². The van der Waals surface area contributed by atoms with Gasteiger partial charge >= 0.3 is 17.9 Å². The summed E-state index contributed by atoms with van der Waals surface area (Å²) in [5.41, 5.74) is -0.333. The highest BCUT2D eigenvalue weighted by Gasteiger charge is 2.50. The number of carboxylic acid groups (broad SMARTS) is 1. The summed E-state index contributed by atoms with van der Waals surface area (Å²) in [7, 11) is 0. The van der Waals surface area contributed by atoms with Crippen LogP contribution in [0, 0.1) is 0 Å². The molecule has 4 N–H and O–H groups in total. The lowest BCUT2D eigenvalue weighted by molar-refractivity contribution is -0.189. The van der Waals surface area contributed by atoms with E-state index in [0.717, 1.165) is 36.7 Å². The van der Waals surface area contributed by atoms with E-state index >= 15 is 0 Å². The van der Waals surface area contributed by atoms with Crippen LogP contribution in [-0.4, -0.2) is 103 Å². The first-order valence-electron chi connectivity index (χ1n) is 23.6. The first kappa shape index (κ1) is 58.7. The van der Waals surface area contributed by atoms with Gasteiger partial charge in [0.15, 0.2) is 0 Å². The monoisotopic (exact) mass is 972 g/mol. The highest BCUT2D eigenvalue weighted by Crippen LogP contribution is 2.42. The number of pyridine rings is 2. The molecule has 1 aliphatic carbocycles.